The maximum Gasteiger partial charge on any atom is 0.259 e. The van der Waals surface area contributed by atoms with E-state index in [0.717, 1.165) is 0 Å². The maximum atomic E-state index is 10.4. The Bertz CT molecular complexity index is 305. The molecular formula is C8H12N2O2S. The second-order valence-corrected chi connectivity index (χ2v) is 4.07. The monoisotopic (exact) mass is 200 g/mol. The van der Waals surface area contributed by atoms with Gasteiger partial charge in [-0.2, -0.15) is 0 Å². The molecular weight excluding hydrogens is 188 g/mol. The molecule has 0 amide bonds. The highest BCUT2D eigenvalue weighted by Crippen LogP contribution is 2.17. The van der Waals surface area contributed by atoms with E-state index in [-0.39, 0.29) is 5.41 Å². The number of hydrogen-bond donors (Lipinski definition) is 2. The van der Waals surface area contributed by atoms with E-state index in [2.05, 4.69) is 9.71 Å². The molecule has 1 atom stereocenters. The Morgan fingerprint density at radius 3 is 2.92 bits per heavy atom. The number of nitrogens with zero attached hydrogens (tertiary/aromatic N) is 1. The van der Waals surface area contributed by atoms with Crippen molar-refractivity contribution in [2.45, 2.75) is 13.8 Å². The molecule has 0 aromatic rings. The molecule has 2 N–H and O–H groups in total. The summed E-state index contributed by atoms with van der Waals surface area (Å²) >= 11 is -2.04. The van der Waals surface area contributed by atoms with E-state index in [1.807, 2.05) is 19.9 Å². The van der Waals surface area contributed by atoms with Crippen LogP contribution < -0.4 is 4.72 Å². The molecule has 0 spiro atoms. The highest BCUT2D eigenvalue weighted by molar-refractivity contribution is 7.77. The average Bonchev–Trinajstić information content (AvgIpc) is 2.12. The first-order chi connectivity index (χ1) is 5.99. The zero-order valence-corrected chi connectivity index (χ0v) is 8.34. The van der Waals surface area contributed by atoms with Crippen LogP contribution in [0.1, 0.15) is 13.8 Å². The van der Waals surface area contributed by atoms with E-state index in [0.29, 0.717) is 5.70 Å². The predicted octanol–water partition coefficient (Wildman–Crippen LogP) is 1.22. The van der Waals surface area contributed by atoms with Crippen molar-refractivity contribution in [1.82, 2.24) is 4.72 Å². The molecule has 1 aliphatic heterocycles. The molecule has 1 aliphatic rings. The van der Waals surface area contributed by atoms with Gasteiger partial charge in [-0.05, 0) is 6.08 Å². The van der Waals surface area contributed by atoms with Crippen molar-refractivity contribution in [3.8, 4) is 0 Å². The standard InChI is InChI=1S/C8H12N2O2S/c1-8(2)4-3-7(5-9-6-8)10-13(11)12/h3-6,10H,1-2H3,(H,11,12). The van der Waals surface area contributed by atoms with Gasteiger partial charge in [-0.15, -0.1) is 0 Å². The van der Waals surface area contributed by atoms with E-state index in [4.69, 9.17) is 4.55 Å². The van der Waals surface area contributed by atoms with Crippen molar-refractivity contribution in [3.63, 3.8) is 0 Å². The lowest BCUT2D eigenvalue weighted by atomic mass is 9.95. The second-order valence-electron chi connectivity index (χ2n) is 3.37. The van der Waals surface area contributed by atoms with Gasteiger partial charge in [0.05, 0.1) is 11.9 Å². The molecule has 1 heterocycles. The maximum absolute atomic E-state index is 10.4. The number of allylic oxidation sites excluding steroid dienone is 2. The average molecular weight is 200 g/mol. The minimum Gasteiger partial charge on any atom is -0.289 e. The summed E-state index contributed by atoms with van der Waals surface area (Å²) < 4.78 is 21.3. The summed E-state index contributed by atoms with van der Waals surface area (Å²) in [7, 11) is 0. The fraction of sp³-hybridized carbons (Fsp3) is 0.375. The van der Waals surface area contributed by atoms with Gasteiger partial charge in [0.15, 0.2) is 0 Å². The van der Waals surface area contributed by atoms with Crippen LogP contribution in [0.2, 0.25) is 0 Å². The van der Waals surface area contributed by atoms with E-state index in [9.17, 15) is 4.21 Å². The lowest BCUT2D eigenvalue weighted by molar-refractivity contribution is 0.557. The fourth-order valence-electron chi connectivity index (χ4n) is 0.861. The Labute approximate surface area is 79.9 Å². The van der Waals surface area contributed by atoms with E-state index in [1.54, 1.807) is 12.3 Å². The van der Waals surface area contributed by atoms with Crippen molar-refractivity contribution in [2.24, 2.45) is 10.4 Å². The molecule has 5 heteroatoms. The first kappa shape index (κ1) is 10.1. The number of nitrogens with one attached hydrogen (secondary N) is 1. The van der Waals surface area contributed by atoms with Crippen LogP contribution >= 0.6 is 0 Å². The van der Waals surface area contributed by atoms with Crippen LogP contribution in [-0.2, 0) is 11.3 Å². The van der Waals surface area contributed by atoms with Gasteiger partial charge in [0.2, 0.25) is 0 Å². The molecule has 0 saturated heterocycles. The van der Waals surface area contributed by atoms with Gasteiger partial charge in [0, 0.05) is 11.6 Å². The minimum absolute atomic E-state index is 0.114. The second kappa shape index (κ2) is 3.85. The third-order valence-electron chi connectivity index (χ3n) is 1.52. The molecule has 13 heavy (non-hydrogen) atoms. The zero-order valence-electron chi connectivity index (χ0n) is 7.52. The molecule has 1 unspecified atom stereocenters. The molecule has 72 valence electrons. The van der Waals surface area contributed by atoms with Gasteiger partial charge < -0.3 is 0 Å². The van der Waals surface area contributed by atoms with Crippen LogP contribution in [0, 0.1) is 5.41 Å². The van der Waals surface area contributed by atoms with Gasteiger partial charge in [-0.25, -0.2) is 4.21 Å². The van der Waals surface area contributed by atoms with Crippen molar-refractivity contribution in [3.05, 3.63) is 24.0 Å². The van der Waals surface area contributed by atoms with Crippen LogP contribution in [0.4, 0.5) is 0 Å². The van der Waals surface area contributed by atoms with Crippen LogP contribution in [0.5, 0.6) is 0 Å². The molecule has 0 saturated carbocycles. The summed E-state index contributed by atoms with van der Waals surface area (Å²) in [4.78, 5) is 4.00. The molecule has 4 nitrogen and oxygen atoms in total. The summed E-state index contributed by atoms with van der Waals surface area (Å²) in [5, 5.41) is 0. The molecule has 1 rings (SSSR count). The molecule has 0 bridgehead atoms. The van der Waals surface area contributed by atoms with Gasteiger partial charge in [-0.3, -0.25) is 14.3 Å². The van der Waals surface area contributed by atoms with E-state index >= 15 is 0 Å². The number of aliphatic imine (C=N–C) groups is 1. The quantitative estimate of drug-likeness (QED) is 0.658. The first-order valence-electron chi connectivity index (χ1n) is 3.81. The predicted molar refractivity (Wildman–Crippen MR) is 53.4 cm³/mol. The largest absolute Gasteiger partial charge is 0.289 e. The Kier molecular flexibility index (Phi) is 3.00. The molecule has 0 radical (unpaired) electrons. The van der Waals surface area contributed by atoms with Crippen molar-refractivity contribution >= 4 is 17.5 Å². The SMILES string of the molecule is CC1(C)C=CC(NS(=O)O)=CN=C1. The lowest BCUT2D eigenvalue weighted by Gasteiger charge is -2.10. The van der Waals surface area contributed by atoms with E-state index < -0.39 is 11.3 Å². The Hall–Kier alpha value is -0.940. The summed E-state index contributed by atoms with van der Waals surface area (Å²) in [6, 6.07) is 0. The Morgan fingerprint density at radius 2 is 2.31 bits per heavy atom. The molecule has 0 aliphatic carbocycles. The molecule has 0 aromatic heterocycles. The van der Waals surface area contributed by atoms with Gasteiger partial charge in [-0.1, -0.05) is 19.9 Å². The van der Waals surface area contributed by atoms with Gasteiger partial charge >= 0.3 is 0 Å². The van der Waals surface area contributed by atoms with Crippen molar-refractivity contribution < 1.29 is 8.76 Å². The van der Waals surface area contributed by atoms with Gasteiger partial charge in [0.1, 0.15) is 0 Å². The highest BCUT2D eigenvalue weighted by Gasteiger charge is 2.11. The Morgan fingerprint density at radius 1 is 1.62 bits per heavy atom. The number of rotatable bonds is 2. The highest BCUT2D eigenvalue weighted by atomic mass is 32.2. The summed E-state index contributed by atoms with van der Waals surface area (Å²) in [6.07, 6.45) is 6.94. The number of hydrogen-bond acceptors (Lipinski definition) is 2. The first-order valence-corrected chi connectivity index (χ1v) is 4.91. The third kappa shape index (κ3) is 3.52. The molecule has 0 fully saturated rings. The smallest absolute Gasteiger partial charge is 0.259 e. The zero-order chi connectivity index (χ0) is 9.90. The van der Waals surface area contributed by atoms with Crippen LogP contribution in [0.25, 0.3) is 0 Å². The normalized spacial score (nSPS) is 21.9. The van der Waals surface area contributed by atoms with Crippen molar-refractivity contribution in [1.29, 1.82) is 0 Å². The lowest BCUT2D eigenvalue weighted by Crippen LogP contribution is -2.14. The molecule has 0 aromatic carbocycles. The fourth-order valence-corrected chi connectivity index (χ4v) is 1.18. The summed E-state index contributed by atoms with van der Waals surface area (Å²) in [5.41, 5.74) is 0.416. The van der Waals surface area contributed by atoms with Crippen LogP contribution in [0.3, 0.4) is 0 Å². The van der Waals surface area contributed by atoms with E-state index in [1.165, 1.54) is 6.20 Å². The summed E-state index contributed by atoms with van der Waals surface area (Å²) in [6.45, 7) is 4.00. The van der Waals surface area contributed by atoms with Crippen LogP contribution in [0.15, 0.2) is 29.0 Å². The van der Waals surface area contributed by atoms with Crippen molar-refractivity contribution in [2.75, 3.05) is 0 Å². The van der Waals surface area contributed by atoms with Crippen LogP contribution in [-0.4, -0.2) is 15.0 Å². The summed E-state index contributed by atoms with van der Waals surface area (Å²) in [5.74, 6) is 0. The minimum atomic E-state index is -2.04. The Balaban J connectivity index is 2.76. The topological polar surface area (TPSA) is 61.7 Å². The van der Waals surface area contributed by atoms with Gasteiger partial charge in [0.25, 0.3) is 11.3 Å². The third-order valence-corrected chi connectivity index (χ3v) is 1.93.